The topological polar surface area (TPSA) is 35.0 Å². The van der Waals surface area contributed by atoms with Crippen LogP contribution in [-0.2, 0) is 6.42 Å². The Morgan fingerprint density at radius 1 is 1.24 bits per heavy atom. The Balaban J connectivity index is 1.73. The van der Waals surface area contributed by atoms with Crippen LogP contribution in [0, 0.1) is 0 Å². The second-order valence-corrected chi connectivity index (χ2v) is 6.08. The number of nitrogens with zero attached hydrogens (tertiary/aromatic N) is 2. The molecule has 5 heteroatoms. The van der Waals surface area contributed by atoms with Gasteiger partial charge in [-0.05, 0) is 29.8 Å². The van der Waals surface area contributed by atoms with Crippen LogP contribution in [0.4, 0.5) is 0 Å². The Bertz CT molecular complexity index is 816. The lowest BCUT2D eigenvalue weighted by Crippen LogP contribution is -1.85. The van der Waals surface area contributed by atoms with E-state index in [1.54, 1.807) is 23.7 Å². The highest BCUT2D eigenvalue weighted by atomic mass is 35.5. The largest absolute Gasteiger partial charge is 0.493 e. The van der Waals surface area contributed by atoms with Gasteiger partial charge in [0.05, 0.1) is 17.3 Å². The predicted molar refractivity (Wildman–Crippen MR) is 85.0 cm³/mol. The zero-order valence-corrected chi connectivity index (χ0v) is 12.6. The standard InChI is InChI=1S/C16H11ClN2OS/c17-13-8-18-5-3-12(13)14-9-21-16(19-14)11-1-2-15-10(7-11)4-6-20-15/h1-3,5,7-9H,4,6H2. The van der Waals surface area contributed by atoms with Gasteiger partial charge in [0.1, 0.15) is 10.8 Å². The van der Waals surface area contributed by atoms with Gasteiger partial charge < -0.3 is 4.74 Å². The third-order valence-electron chi connectivity index (χ3n) is 3.49. The first-order valence-corrected chi connectivity index (χ1v) is 7.88. The molecule has 3 heterocycles. The van der Waals surface area contributed by atoms with Crippen LogP contribution >= 0.6 is 22.9 Å². The number of halogens is 1. The highest BCUT2D eigenvalue weighted by molar-refractivity contribution is 7.13. The third-order valence-corrected chi connectivity index (χ3v) is 4.68. The zero-order chi connectivity index (χ0) is 14.2. The highest BCUT2D eigenvalue weighted by Crippen LogP contribution is 2.35. The van der Waals surface area contributed by atoms with Crippen molar-refractivity contribution in [2.45, 2.75) is 6.42 Å². The molecule has 0 bridgehead atoms. The fourth-order valence-electron chi connectivity index (χ4n) is 2.43. The summed E-state index contributed by atoms with van der Waals surface area (Å²) in [4.78, 5) is 8.71. The van der Waals surface area contributed by atoms with Gasteiger partial charge in [-0.1, -0.05) is 11.6 Å². The van der Waals surface area contributed by atoms with E-state index in [-0.39, 0.29) is 0 Å². The minimum Gasteiger partial charge on any atom is -0.493 e. The minimum absolute atomic E-state index is 0.622. The number of hydrogen-bond donors (Lipinski definition) is 0. The van der Waals surface area contributed by atoms with E-state index in [9.17, 15) is 0 Å². The fraction of sp³-hybridized carbons (Fsp3) is 0.125. The van der Waals surface area contributed by atoms with Crippen LogP contribution in [0.1, 0.15) is 5.56 Å². The number of hydrogen-bond acceptors (Lipinski definition) is 4. The van der Waals surface area contributed by atoms with E-state index in [4.69, 9.17) is 21.3 Å². The molecule has 0 saturated heterocycles. The van der Waals surface area contributed by atoms with Crippen LogP contribution in [0.3, 0.4) is 0 Å². The molecule has 0 atom stereocenters. The normalized spacial score (nSPS) is 13.0. The Morgan fingerprint density at radius 2 is 2.19 bits per heavy atom. The van der Waals surface area contributed by atoms with Crippen molar-refractivity contribution in [3.8, 4) is 27.6 Å². The summed E-state index contributed by atoms with van der Waals surface area (Å²) in [5, 5.41) is 3.64. The molecular weight excluding hydrogens is 304 g/mol. The monoisotopic (exact) mass is 314 g/mol. The maximum absolute atomic E-state index is 6.18. The van der Waals surface area contributed by atoms with Crippen LogP contribution < -0.4 is 4.74 Å². The van der Waals surface area contributed by atoms with Gasteiger partial charge in [0.15, 0.2) is 0 Å². The van der Waals surface area contributed by atoms with Crippen LogP contribution in [0.15, 0.2) is 42.0 Å². The molecule has 104 valence electrons. The SMILES string of the molecule is Clc1cnccc1-c1csc(-c2ccc3c(c2)CCO3)n1. The van der Waals surface area contributed by atoms with E-state index in [0.29, 0.717) is 5.02 Å². The summed E-state index contributed by atoms with van der Waals surface area (Å²) < 4.78 is 5.54. The maximum Gasteiger partial charge on any atom is 0.124 e. The Morgan fingerprint density at radius 3 is 3.10 bits per heavy atom. The molecule has 0 radical (unpaired) electrons. The lowest BCUT2D eigenvalue weighted by atomic mass is 10.1. The summed E-state index contributed by atoms with van der Waals surface area (Å²) in [6, 6.07) is 8.13. The van der Waals surface area contributed by atoms with Crippen molar-refractivity contribution in [3.05, 3.63) is 52.6 Å². The van der Waals surface area contributed by atoms with E-state index >= 15 is 0 Å². The number of benzene rings is 1. The van der Waals surface area contributed by atoms with Gasteiger partial charge >= 0.3 is 0 Å². The summed E-state index contributed by atoms with van der Waals surface area (Å²) in [5.74, 6) is 0.993. The molecule has 0 unspecified atom stereocenters. The first-order valence-electron chi connectivity index (χ1n) is 6.63. The Labute approximate surface area is 131 Å². The molecular formula is C16H11ClN2OS. The number of rotatable bonds is 2. The number of aromatic nitrogens is 2. The van der Waals surface area contributed by atoms with Gasteiger partial charge in [-0.3, -0.25) is 4.98 Å². The van der Waals surface area contributed by atoms with Crippen LogP contribution in [0.5, 0.6) is 5.75 Å². The molecule has 1 aliphatic heterocycles. The van der Waals surface area contributed by atoms with E-state index in [1.165, 1.54) is 5.56 Å². The number of ether oxygens (including phenoxy) is 1. The second-order valence-electron chi connectivity index (χ2n) is 4.81. The van der Waals surface area contributed by atoms with Crippen molar-refractivity contribution in [2.24, 2.45) is 0 Å². The van der Waals surface area contributed by atoms with E-state index in [0.717, 1.165) is 40.6 Å². The van der Waals surface area contributed by atoms with Gasteiger partial charge in [-0.2, -0.15) is 0 Å². The number of pyridine rings is 1. The Hall–Kier alpha value is -1.91. The van der Waals surface area contributed by atoms with E-state index < -0.39 is 0 Å². The summed E-state index contributed by atoms with van der Waals surface area (Å²) in [6.45, 7) is 0.772. The molecule has 3 nitrogen and oxygen atoms in total. The molecule has 0 fully saturated rings. The smallest absolute Gasteiger partial charge is 0.124 e. The van der Waals surface area contributed by atoms with Gasteiger partial charge in [-0.15, -0.1) is 11.3 Å². The predicted octanol–water partition coefficient (Wildman–Crippen LogP) is 4.46. The van der Waals surface area contributed by atoms with Crippen molar-refractivity contribution in [1.82, 2.24) is 9.97 Å². The van der Waals surface area contributed by atoms with Crippen LogP contribution in [0.25, 0.3) is 21.8 Å². The fourth-order valence-corrected chi connectivity index (χ4v) is 3.47. The molecule has 0 aliphatic carbocycles. The maximum atomic E-state index is 6.18. The second kappa shape index (κ2) is 5.13. The minimum atomic E-state index is 0.622. The third kappa shape index (κ3) is 2.30. The first kappa shape index (κ1) is 12.8. The molecule has 1 aliphatic rings. The average molecular weight is 315 g/mol. The summed E-state index contributed by atoms with van der Waals surface area (Å²) in [6.07, 6.45) is 4.34. The lowest BCUT2D eigenvalue weighted by Gasteiger charge is -2.01. The molecule has 2 aromatic heterocycles. The van der Waals surface area contributed by atoms with E-state index in [2.05, 4.69) is 17.1 Å². The summed E-state index contributed by atoms with van der Waals surface area (Å²) >= 11 is 7.80. The van der Waals surface area contributed by atoms with Crippen molar-refractivity contribution in [2.75, 3.05) is 6.61 Å². The molecule has 0 saturated carbocycles. The molecule has 0 amide bonds. The number of thiazole rings is 1. The summed E-state index contributed by atoms with van der Waals surface area (Å²) in [7, 11) is 0. The van der Waals surface area contributed by atoms with Crippen LogP contribution in [0.2, 0.25) is 5.02 Å². The van der Waals surface area contributed by atoms with Gasteiger partial charge in [0.2, 0.25) is 0 Å². The molecule has 3 aromatic rings. The van der Waals surface area contributed by atoms with Gasteiger partial charge in [0.25, 0.3) is 0 Å². The highest BCUT2D eigenvalue weighted by Gasteiger charge is 2.15. The van der Waals surface area contributed by atoms with Gasteiger partial charge in [0, 0.05) is 35.3 Å². The Kier molecular flexibility index (Phi) is 3.13. The van der Waals surface area contributed by atoms with Gasteiger partial charge in [-0.25, -0.2) is 4.98 Å². The average Bonchev–Trinajstić information content (AvgIpc) is 3.16. The summed E-state index contributed by atoms with van der Waals surface area (Å²) in [5.41, 5.74) is 4.18. The molecule has 0 N–H and O–H groups in total. The lowest BCUT2D eigenvalue weighted by molar-refractivity contribution is 0.357. The molecule has 0 spiro atoms. The quantitative estimate of drug-likeness (QED) is 0.700. The van der Waals surface area contributed by atoms with Crippen molar-refractivity contribution >= 4 is 22.9 Å². The number of fused-ring (bicyclic) bond motifs is 1. The molecule has 1 aromatic carbocycles. The molecule has 4 rings (SSSR count). The van der Waals surface area contributed by atoms with Crippen molar-refractivity contribution in [1.29, 1.82) is 0 Å². The first-order chi connectivity index (χ1) is 10.3. The van der Waals surface area contributed by atoms with Crippen LogP contribution in [-0.4, -0.2) is 16.6 Å². The van der Waals surface area contributed by atoms with Crippen molar-refractivity contribution < 1.29 is 4.74 Å². The zero-order valence-electron chi connectivity index (χ0n) is 11.0. The molecule has 21 heavy (non-hydrogen) atoms. The van der Waals surface area contributed by atoms with E-state index in [1.807, 2.05) is 17.5 Å². The van der Waals surface area contributed by atoms with Crippen molar-refractivity contribution in [3.63, 3.8) is 0 Å².